The minimum atomic E-state index is -1.02. The predicted octanol–water partition coefficient (Wildman–Crippen LogP) is 2.91. The Kier molecular flexibility index (Phi) is 4.61. The minimum Gasteiger partial charge on any atom is -0.495 e. The number of hydrogen-bond acceptors (Lipinski definition) is 3. The molecule has 5 heteroatoms. The number of aromatic carboxylic acids is 1. The Morgan fingerprint density at radius 2 is 2.15 bits per heavy atom. The van der Waals surface area contributed by atoms with Crippen molar-refractivity contribution >= 4 is 17.6 Å². The molecule has 0 aliphatic heterocycles. The van der Waals surface area contributed by atoms with Gasteiger partial charge in [-0.3, -0.25) is 4.79 Å². The number of nitrogens with one attached hydrogen (secondary N) is 1. The Labute approximate surface area is 117 Å². The van der Waals surface area contributed by atoms with Gasteiger partial charge in [-0.25, -0.2) is 4.79 Å². The number of anilines is 1. The summed E-state index contributed by atoms with van der Waals surface area (Å²) in [5.74, 6) is -0.0247. The van der Waals surface area contributed by atoms with Gasteiger partial charge in [0.15, 0.2) is 0 Å². The van der Waals surface area contributed by atoms with Crippen LogP contribution in [0.5, 0.6) is 5.75 Å². The first-order valence-electron chi connectivity index (χ1n) is 6.81. The number of carboxylic acids is 1. The zero-order chi connectivity index (χ0) is 14.5. The molecule has 0 radical (unpaired) electrons. The molecule has 1 aliphatic carbocycles. The first-order valence-corrected chi connectivity index (χ1v) is 6.81. The van der Waals surface area contributed by atoms with E-state index in [0.29, 0.717) is 23.8 Å². The molecule has 1 amide bonds. The molecule has 0 unspecified atom stereocenters. The first kappa shape index (κ1) is 14.4. The van der Waals surface area contributed by atoms with E-state index in [0.717, 1.165) is 6.42 Å². The zero-order valence-electron chi connectivity index (χ0n) is 11.5. The van der Waals surface area contributed by atoms with E-state index in [1.54, 1.807) is 6.07 Å². The number of carboxylic acid groups (broad SMARTS) is 1. The number of ether oxygens (including phenoxy) is 1. The summed E-state index contributed by atoms with van der Waals surface area (Å²) in [6.45, 7) is 0. The molecule has 0 heterocycles. The van der Waals surface area contributed by atoms with Gasteiger partial charge >= 0.3 is 5.97 Å². The fourth-order valence-corrected chi connectivity index (χ4v) is 2.26. The van der Waals surface area contributed by atoms with Crippen LogP contribution in [0, 0.1) is 5.92 Å². The number of carbonyl (C=O) groups excluding carboxylic acids is 1. The second-order valence-electron chi connectivity index (χ2n) is 5.10. The molecule has 0 aromatic heterocycles. The molecule has 2 rings (SSSR count). The summed E-state index contributed by atoms with van der Waals surface area (Å²) >= 11 is 0. The maximum Gasteiger partial charge on any atom is 0.335 e. The third-order valence-corrected chi connectivity index (χ3v) is 3.73. The third-order valence-electron chi connectivity index (χ3n) is 3.73. The van der Waals surface area contributed by atoms with E-state index >= 15 is 0 Å². The highest BCUT2D eigenvalue weighted by molar-refractivity contribution is 5.94. The van der Waals surface area contributed by atoms with Gasteiger partial charge in [0.1, 0.15) is 5.75 Å². The van der Waals surface area contributed by atoms with Crippen LogP contribution in [-0.4, -0.2) is 24.1 Å². The van der Waals surface area contributed by atoms with E-state index in [9.17, 15) is 9.59 Å². The van der Waals surface area contributed by atoms with Crippen molar-refractivity contribution in [3.63, 3.8) is 0 Å². The van der Waals surface area contributed by atoms with Crippen LogP contribution in [0.4, 0.5) is 5.69 Å². The standard InChI is InChI=1S/C15H19NO4/c1-20-13-9-11(15(18)19)6-7-12(13)16-14(17)8-5-10-3-2-4-10/h6-7,9-10H,2-5,8H2,1H3,(H,16,17)(H,18,19). The summed E-state index contributed by atoms with van der Waals surface area (Å²) in [6, 6.07) is 4.42. The highest BCUT2D eigenvalue weighted by Crippen LogP contribution is 2.31. The second kappa shape index (κ2) is 6.41. The second-order valence-corrected chi connectivity index (χ2v) is 5.10. The van der Waals surface area contributed by atoms with Crippen LogP contribution in [0.15, 0.2) is 18.2 Å². The Morgan fingerprint density at radius 3 is 2.70 bits per heavy atom. The lowest BCUT2D eigenvalue weighted by molar-refractivity contribution is -0.116. The van der Waals surface area contributed by atoms with E-state index in [-0.39, 0.29) is 11.5 Å². The largest absolute Gasteiger partial charge is 0.495 e. The highest BCUT2D eigenvalue weighted by Gasteiger charge is 2.18. The maximum atomic E-state index is 11.9. The van der Waals surface area contributed by atoms with Gasteiger partial charge in [-0.15, -0.1) is 0 Å². The normalized spacial score (nSPS) is 14.4. The summed E-state index contributed by atoms with van der Waals surface area (Å²) in [6.07, 6.45) is 5.14. The summed E-state index contributed by atoms with van der Waals surface area (Å²) in [5, 5.41) is 11.7. The van der Waals surface area contributed by atoms with Crippen LogP contribution >= 0.6 is 0 Å². The number of hydrogen-bond donors (Lipinski definition) is 2. The third kappa shape index (κ3) is 3.50. The van der Waals surface area contributed by atoms with Crippen molar-refractivity contribution in [2.24, 2.45) is 5.92 Å². The lowest BCUT2D eigenvalue weighted by atomic mass is 9.82. The van der Waals surface area contributed by atoms with Crippen molar-refractivity contribution in [1.82, 2.24) is 0 Å². The number of methoxy groups -OCH3 is 1. The van der Waals surface area contributed by atoms with E-state index in [2.05, 4.69) is 5.32 Å². The number of carbonyl (C=O) groups is 2. The monoisotopic (exact) mass is 277 g/mol. The van der Waals surface area contributed by atoms with E-state index in [1.807, 2.05) is 0 Å². The first-order chi connectivity index (χ1) is 9.60. The molecule has 2 N–H and O–H groups in total. The number of rotatable bonds is 6. The van der Waals surface area contributed by atoms with Crippen LogP contribution in [0.2, 0.25) is 0 Å². The predicted molar refractivity (Wildman–Crippen MR) is 75.2 cm³/mol. The van der Waals surface area contributed by atoms with Crippen LogP contribution in [0.3, 0.4) is 0 Å². The quantitative estimate of drug-likeness (QED) is 0.838. The molecule has 5 nitrogen and oxygen atoms in total. The van der Waals surface area contributed by atoms with Crippen molar-refractivity contribution in [2.45, 2.75) is 32.1 Å². The average Bonchev–Trinajstić information content (AvgIpc) is 2.37. The molecular weight excluding hydrogens is 258 g/mol. The van der Waals surface area contributed by atoms with Crippen LogP contribution < -0.4 is 10.1 Å². The van der Waals surface area contributed by atoms with Crippen molar-refractivity contribution in [3.8, 4) is 5.75 Å². The van der Waals surface area contributed by atoms with Gasteiger partial charge < -0.3 is 15.2 Å². The number of benzene rings is 1. The van der Waals surface area contributed by atoms with Crippen LogP contribution in [0.25, 0.3) is 0 Å². The van der Waals surface area contributed by atoms with Gasteiger partial charge in [0.05, 0.1) is 18.4 Å². The summed E-state index contributed by atoms with van der Waals surface area (Å²) in [5.41, 5.74) is 0.644. The van der Waals surface area contributed by atoms with Crippen molar-refractivity contribution in [3.05, 3.63) is 23.8 Å². The van der Waals surface area contributed by atoms with E-state index < -0.39 is 5.97 Å². The lowest BCUT2D eigenvalue weighted by Crippen LogP contribution is -2.17. The van der Waals surface area contributed by atoms with Crippen LogP contribution in [-0.2, 0) is 4.79 Å². The van der Waals surface area contributed by atoms with Gasteiger partial charge in [-0.05, 0) is 30.5 Å². The lowest BCUT2D eigenvalue weighted by Gasteiger charge is -2.24. The Hall–Kier alpha value is -2.04. The minimum absolute atomic E-state index is 0.0572. The van der Waals surface area contributed by atoms with Gasteiger partial charge in [-0.2, -0.15) is 0 Å². The van der Waals surface area contributed by atoms with Crippen molar-refractivity contribution in [2.75, 3.05) is 12.4 Å². The Morgan fingerprint density at radius 1 is 1.40 bits per heavy atom. The molecule has 1 aromatic carbocycles. The van der Waals surface area contributed by atoms with Crippen LogP contribution in [0.1, 0.15) is 42.5 Å². The van der Waals surface area contributed by atoms with Gasteiger partial charge in [0, 0.05) is 6.42 Å². The summed E-state index contributed by atoms with van der Waals surface area (Å²) in [4.78, 5) is 22.7. The molecule has 0 bridgehead atoms. The molecule has 0 atom stereocenters. The fraction of sp³-hybridized carbons (Fsp3) is 0.467. The van der Waals surface area contributed by atoms with Crippen molar-refractivity contribution in [1.29, 1.82) is 0 Å². The van der Waals surface area contributed by atoms with Gasteiger partial charge in [-0.1, -0.05) is 19.3 Å². The summed E-state index contributed by atoms with van der Waals surface area (Å²) < 4.78 is 5.12. The SMILES string of the molecule is COc1cc(C(=O)O)ccc1NC(=O)CCC1CCC1. The van der Waals surface area contributed by atoms with Crippen molar-refractivity contribution < 1.29 is 19.4 Å². The van der Waals surface area contributed by atoms with E-state index in [4.69, 9.17) is 9.84 Å². The van der Waals surface area contributed by atoms with E-state index in [1.165, 1.54) is 38.5 Å². The Bertz CT molecular complexity index is 509. The molecular formula is C15H19NO4. The molecule has 20 heavy (non-hydrogen) atoms. The molecule has 1 aliphatic rings. The van der Waals surface area contributed by atoms with Gasteiger partial charge in [0.25, 0.3) is 0 Å². The molecule has 1 saturated carbocycles. The molecule has 0 saturated heterocycles. The van der Waals surface area contributed by atoms with Gasteiger partial charge in [0.2, 0.25) is 5.91 Å². The highest BCUT2D eigenvalue weighted by atomic mass is 16.5. The maximum absolute atomic E-state index is 11.9. The number of amides is 1. The molecule has 1 aromatic rings. The zero-order valence-corrected chi connectivity index (χ0v) is 11.5. The topological polar surface area (TPSA) is 75.6 Å². The molecule has 108 valence electrons. The Balaban J connectivity index is 1.96. The fourth-order valence-electron chi connectivity index (χ4n) is 2.26. The summed E-state index contributed by atoms with van der Waals surface area (Å²) in [7, 11) is 1.45. The molecule has 1 fully saturated rings. The average molecular weight is 277 g/mol. The smallest absolute Gasteiger partial charge is 0.335 e. The molecule has 0 spiro atoms.